The Morgan fingerprint density at radius 1 is 1.16 bits per heavy atom. The van der Waals surface area contributed by atoms with Gasteiger partial charge in [-0.25, -0.2) is 8.78 Å². The standard InChI is InChI=1S/C23H29F2N3O2.HI/c1-26-23(27-13-19-8-5-9-21(12-19)30-17-22(24)25)28-11-10-20(14-28)16-29-15-18-6-3-2-4-7-18;/h2-9,12,20,22H,10-11,13-17H2,1H3,(H,26,27);1H. The SMILES string of the molecule is CN=C(NCc1cccc(OCC(F)F)c1)N1CCC(COCc2ccccc2)C1.I. The third-order valence-corrected chi connectivity index (χ3v) is 4.99. The fourth-order valence-electron chi connectivity index (χ4n) is 3.50. The van der Waals surface area contributed by atoms with E-state index in [0.717, 1.165) is 37.6 Å². The molecule has 1 fully saturated rings. The minimum Gasteiger partial charge on any atom is -0.488 e. The molecule has 1 unspecified atom stereocenters. The molecule has 2 aromatic carbocycles. The Kier molecular flexibility index (Phi) is 11.0. The highest BCUT2D eigenvalue weighted by Crippen LogP contribution is 2.18. The molecule has 1 aliphatic rings. The largest absolute Gasteiger partial charge is 0.488 e. The van der Waals surface area contributed by atoms with Crippen molar-refractivity contribution in [3.8, 4) is 5.75 Å². The predicted octanol–water partition coefficient (Wildman–Crippen LogP) is 4.56. The first-order valence-corrected chi connectivity index (χ1v) is 10.2. The average molecular weight is 545 g/mol. The number of guanidine groups is 1. The third-order valence-electron chi connectivity index (χ3n) is 4.99. The van der Waals surface area contributed by atoms with Gasteiger partial charge in [-0.05, 0) is 29.7 Å². The lowest BCUT2D eigenvalue weighted by molar-refractivity contribution is 0.0818. The molecule has 0 amide bonds. The van der Waals surface area contributed by atoms with Crippen LogP contribution in [0, 0.1) is 5.92 Å². The summed E-state index contributed by atoms with van der Waals surface area (Å²) in [5, 5.41) is 3.35. The summed E-state index contributed by atoms with van der Waals surface area (Å²) < 4.78 is 35.6. The third kappa shape index (κ3) is 8.60. The molecule has 0 aromatic heterocycles. The molecule has 0 radical (unpaired) electrons. The number of likely N-dealkylation sites (tertiary alicyclic amines) is 1. The first-order valence-electron chi connectivity index (χ1n) is 10.2. The number of halogens is 3. The lowest BCUT2D eigenvalue weighted by Crippen LogP contribution is -2.39. The van der Waals surface area contributed by atoms with Gasteiger partial charge in [-0.1, -0.05) is 42.5 Å². The highest BCUT2D eigenvalue weighted by molar-refractivity contribution is 14.0. The number of nitrogens with zero attached hydrogens (tertiary/aromatic N) is 2. The van der Waals surface area contributed by atoms with Crippen LogP contribution in [0.25, 0.3) is 0 Å². The van der Waals surface area contributed by atoms with Crippen LogP contribution >= 0.6 is 24.0 Å². The molecule has 31 heavy (non-hydrogen) atoms. The van der Waals surface area contributed by atoms with Gasteiger partial charge in [-0.3, -0.25) is 4.99 Å². The Bertz CT molecular complexity index is 808. The molecule has 5 nitrogen and oxygen atoms in total. The van der Waals surface area contributed by atoms with Crippen molar-refractivity contribution in [1.29, 1.82) is 0 Å². The van der Waals surface area contributed by atoms with E-state index in [4.69, 9.17) is 9.47 Å². The highest BCUT2D eigenvalue weighted by atomic mass is 127. The monoisotopic (exact) mass is 545 g/mol. The molecule has 3 rings (SSSR count). The highest BCUT2D eigenvalue weighted by Gasteiger charge is 2.25. The second-order valence-corrected chi connectivity index (χ2v) is 7.35. The molecule has 0 bridgehead atoms. The number of benzene rings is 2. The van der Waals surface area contributed by atoms with Gasteiger partial charge >= 0.3 is 0 Å². The van der Waals surface area contributed by atoms with E-state index in [-0.39, 0.29) is 24.0 Å². The van der Waals surface area contributed by atoms with Crippen LogP contribution < -0.4 is 10.1 Å². The Balaban J connectivity index is 0.00000341. The zero-order valence-corrected chi connectivity index (χ0v) is 20.0. The van der Waals surface area contributed by atoms with Gasteiger partial charge in [0.15, 0.2) is 5.96 Å². The van der Waals surface area contributed by atoms with Gasteiger partial charge in [-0.15, -0.1) is 24.0 Å². The van der Waals surface area contributed by atoms with E-state index in [9.17, 15) is 8.78 Å². The Morgan fingerprint density at radius 2 is 1.94 bits per heavy atom. The molecular formula is C23H30F2IN3O2. The van der Waals surface area contributed by atoms with Gasteiger partial charge in [0.25, 0.3) is 6.43 Å². The Morgan fingerprint density at radius 3 is 2.68 bits per heavy atom. The van der Waals surface area contributed by atoms with E-state index in [1.54, 1.807) is 25.2 Å². The van der Waals surface area contributed by atoms with Crippen LogP contribution in [0.1, 0.15) is 17.5 Å². The van der Waals surface area contributed by atoms with Crippen molar-refractivity contribution in [2.45, 2.75) is 26.0 Å². The van der Waals surface area contributed by atoms with Gasteiger partial charge in [0.2, 0.25) is 0 Å². The number of hydrogen-bond donors (Lipinski definition) is 1. The molecule has 170 valence electrons. The second-order valence-electron chi connectivity index (χ2n) is 7.35. The van der Waals surface area contributed by atoms with Gasteiger partial charge in [0, 0.05) is 32.6 Å². The number of rotatable bonds is 9. The summed E-state index contributed by atoms with van der Waals surface area (Å²) in [5.74, 6) is 1.75. The summed E-state index contributed by atoms with van der Waals surface area (Å²) >= 11 is 0. The van der Waals surface area contributed by atoms with Crippen LogP contribution in [-0.2, 0) is 17.9 Å². The van der Waals surface area contributed by atoms with Crippen molar-refractivity contribution in [3.63, 3.8) is 0 Å². The predicted molar refractivity (Wildman–Crippen MR) is 129 cm³/mol. The maximum Gasteiger partial charge on any atom is 0.272 e. The van der Waals surface area contributed by atoms with Gasteiger partial charge in [0.1, 0.15) is 12.4 Å². The van der Waals surface area contributed by atoms with Crippen molar-refractivity contribution in [1.82, 2.24) is 10.2 Å². The number of nitrogens with one attached hydrogen (secondary N) is 1. The van der Waals surface area contributed by atoms with Crippen LogP contribution in [0.3, 0.4) is 0 Å². The summed E-state index contributed by atoms with van der Waals surface area (Å²) in [6.07, 6.45) is -1.42. The number of ether oxygens (including phenoxy) is 2. The van der Waals surface area contributed by atoms with Crippen molar-refractivity contribution in [2.75, 3.05) is 33.4 Å². The van der Waals surface area contributed by atoms with Crippen LogP contribution in [-0.4, -0.2) is 50.6 Å². The molecule has 8 heteroatoms. The lowest BCUT2D eigenvalue weighted by atomic mass is 10.1. The molecule has 0 aliphatic carbocycles. The quantitative estimate of drug-likeness (QED) is 0.285. The fourth-order valence-corrected chi connectivity index (χ4v) is 3.50. The maximum atomic E-state index is 12.3. The first-order chi connectivity index (χ1) is 14.6. The summed E-state index contributed by atoms with van der Waals surface area (Å²) in [7, 11) is 1.77. The van der Waals surface area contributed by atoms with Gasteiger partial charge in [-0.2, -0.15) is 0 Å². The summed E-state index contributed by atoms with van der Waals surface area (Å²) in [6.45, 7) is 3.13. The topological polar surface area (TPSA) is 46.1 Å². The van der Waals surface area contributed by atoms with E-state index in [1.165, 1.54) is 5.56 Å². The Labute approximate surface area is 199 Å². The number of alkyl halides is 2. The molecule has 1 saturated heterocycles. The molecule has 1 heterocycles. The lowest BCUT2D eigenvalue weighted by Gasteiger charge is -2.22. The molecule has 0 saturated carbocycles. The normalized spacial score (nSPS) is 16.3. The van der Waals surface area contributed by atoms with Gasteiger partial charge in [0.05, 0.1) is 13.2 Å². The van der Waals surface area contributed by atoms with E-state index in [0.29, 0.717) is 24.8 Å². The fraction of sp³-hybridized carbons (Fsp3) is 0.435. The first kappa shape index (κ1) is 25.3. The van der Waals surface area contributed by atoms with Crippen LogP contribution in [0.4, 0.5) is 8.78 Å². The number of hydrogen-bond acceptors (Lipinski definition) is 3. The number of aliphatic imine (C=N–C) groups is 1. The van der Waals surface area contributed by atoms with Crippen molar-refractivity contribution >= 4 is 29.9 Å². The minimum atomic E-state index is -2.48. The molecule has 2 aromatic rings. The van der Waals surface area contributed by atoms with Crippen molar-refractivity contribution < 1.29 is 18.3 Å². The van der Waals surface area contributed by atoms with E-state index in [2.05, 4.69) is 27.3 Å². The Hall–Kier alpha value is -1.94. The average Bonchev–Trinajstić information content (AvgIpc) is 3.22. The van der Waals surface area contributed by atoms with Crippen LogP contribution in [0.2, 0.25) is 0 Å². The van der Waals surface area contributed by atoms with Crippen LogP contribution in [0.5, 0.6) is 5.75 Å². The zero-order chi connectivity index (χ0) is 21.2. The molecular weight excluding hydrogens is 515 g/mol. The minimum absolute atomic E-state index is 0. The van der Waals surface area contributed by atoms with E-state index >= 15 is 0 Å². The second kappa shape index (κ2) is 13.5. The smallest absolute Gasteiger partial charge is 0.272 e. The zero-order valence-electron chi connectivity index (χ0n) is 17.7. The van der Waals surface area contributed by atoms with E-state index < -0.39 is 13.0 Å². The molecule has 1 N–H and O–H groups in total. The molecule has 1 atom stereocenters. The summed E-state index contributed by atoms with van der Waals surface area (Å²) in [6, 6.07) is 17.4. The van der Waals surface area contributed by atoms with Crippen molar-refractivity contribution in [2.24, 2.45) is 10.9 Å². The van der Waals surface area contributed by atoms with Crippen LogP contribution in [0.15, 0.2) is 59.6 Å². The van der Waals surface area contributed by atoms with Gasteiger partial charge < -0.3 is 19.7 Å². The molecule has 1 aliphatic heterocycles. The molecule has 0 spiro atoms. The maximum absolute atomic E-state index is 12.3. The van der Waals surface area contributed by atoms with Crippen molar-refractivity contribution in [3.05, 3.63) is 65.7 Å². The summed E-state index contributed by atoms with van der Waals surface area (Å²) in [4.78, 5) is 6.62. The van der Waals surface area contributed by atoms with E-state index in [1.807, 2.05) is 24.3 Å². The summed E-state index contributed by atoms with van der Waals surface area (Å²) in [5.41, 5.74) is 2.13.